The lowest BCUT2D eigenvalue weighted by Gasteiger charge is -2.06. The Labute approximate surface area is 101 Å². The second-order valence-electron chi connectivity index (χ2n) is 3.55. The largest absolute Gasteiger partial charge is 0.383 e. The fourth-order valence-electron chi connectivity index (χ4n) is 1.36. The Kier molecular flexibility index (Phi) is 3.18. The van der Waals surface area contributed by atoms with Gasteiger partial charge >= 0.3 is 0 Å². The predicted octanol–water partition coefficient (Wildman–Crippen LogP) is 2.19. The number of benzene rings is 1. The first-order chi connectivity index (χ1) is 8.56. The Morgan fingerprint density at radius 2 is 1.83 bits per heavy atom. The lowest BCUT2D eigenvalue weighted by molar-refractivity contribution is 0.102. The van der Waals surface area contributed by atoms with Gasteiger partial charge in [-0.1, -0.05) is 0 Å². The van der Waals surface area contributed by atoms with E-state index in [1.807, 2.05) is 0 Å². The molecule has 0 saturated heterocycles. The molecule has 1 aromatic carbocycles. The van der Waals surface area contributed by atoms with Gasteiger partial charge in [-0.3, -0.25) is 4.79 Å². The second kappa shape index (κ2) is 4.79. The number of anilines is 2. The molecule has 0 spiro atoms. The zero-order valence-corrected chi connectivity index (χ0v) is 9.15. The number of hydrogen-bond acceptors (Lipinski definition) is 3. The molecule has 0 saturated carbocycles. The van der Waals surface area contributed by atoms with Gasteiger partial charge in [-0.15, -0.1) is 0 Å². The SMILES string of the molecule is Nc1ncc(F)cc1C(=O)Nc1ccc(F)cc1. The van der Waals surface area contributed by atoms with Gasteiger partial charge in [0.1, 0.15) is 17.5 Å². The Morgan fingerprint density at radius 3 is 2.50 bits per heavy atom. The molecule has 0 aliphatic rings. The number of amides is 1. The average Bonchev–Trinajstić information content (AvgIpc) is 2.35. The molecule has 2 aromatic rings. The zero-order valence-electron chi connectivity index (χ0n) is 9.15. The minimum Gasteiger partial charge on any atom is -0.383 e. The van der Waals surface area contributed by atoms with Crippen LogP contribution in [0.2, 0.25) is 0 Å². The van der Waals surface area contributed by atoms with Crippen LogP contribution < -0.4 is 11.1 Å². The van der Waals surface area contributed by atoms with E-state index in [2.05, 4.69) is 10.3 Å². The Hall–Kier alpha value is -2.50. The van der Waals surface area contributed by atoms with Crippen molar-refractivity contribution < 1.29 is 13.6 Å². The number of nitrogens with one attached hydrogen (secondary N) is 1. The van der Waals surface area contributed by atoms with Crippen molar-refractivity contribution in [1.82, 2.24) is 4.98 Å². The molecule has 4 nitrogen and oxygen atoms in total. The maximum atomic E-state index is 13.0. The molecule has 1 heterocycles. The molecule has 6 heteroatoms. The summed E-state index contributed by atoms with van der Waals surface area (Å²) in [6.45, 7) is 0. The molecule has 0 atom stereocenters. The standard InChI is InChI=1S/C12H9F2N3O/c13-7-1-3-9(4-2-7)17-12(18)10-5-8(14)6-16-11(10)15/h1-6H,(H2,15,16)(H,17,18). The molecule has 18 heavy (non-hydrogen) atoms. The number of rotatable bonds is 2. The van der Waals surface area contributed by atoms with Gasteiger partial charge in [0.15, 0.2) is 0 Å². The van der Waals surface area contributed by atoms with Crippen LogP contribution in [0.5, 0.6) is 0 Å². The minimum absolute atomic E-state index is 0.0701. The second-order valence-corrected chi connectivity index (χ2v) is 3.55. The van der Waals surface area contributed by atoms with E-state index in [9.17, 15) is 13.6 Å². The molecule has 0 bridgehead atoms. The fraction of sp³-hybridized carbons (Fsp3) is 0. The molecule has 0 aliphatic heterocycles. The Morgan fingerprint density at radius 1 is 1.17 bits per heavy atom. The first-order valence-electron chi connectivity index (χ1n) is 5.04. The van der Waals surface area contributed by atoms with Crippen molar-refractivity contribution in [1.29, 1.82) is 0 Å². The highest BCUT2D eigenvalue weighted by atomic mass is 19.1. The predicted molar refractivity (Wildman–Crippen MR) is 63.0 cm³/mol. The summed E-state index contributed by atoms with van der Waals surface area (Å²) in [5, 5.41) is 2.46. The molecule has 0 aliphatic carbocycles. The van der Waals surface area contributed by atoms with Crippen molar-refractivity contribution in [3.05, 3.63) is 53.7 Å². The molecular weight excluding hydrogens is 240 g/mol. The smallest absolute Gasteiger partial charge is 0.259 e. The normalized spacial score (nSPS) is 10.1. The molecular formula is C12H9F2N3O. The topological polar surface area (TPSA) is 68.0 Å². The van der Waals surface area contributed by atoms with Gasteiger partial charge in [-0.05, 0) is 30.3 Å². The van der Waals surface area contributed by atoms with Crippen molar-refractivity contribution >= 4 is 17.4 Å². The van der Waals surface area contributed by atoms with E-state index in [1.165, 1.54) is 24.3 Å². The van der Waals surface area contributed by atoms with Gasteiger partial charge in [0.25, 0.3) is 5.91 Å². The summed E-state index contributed by atoms with van der Waals surface area (Å²) < 4.78 is 25.6. The highest BCUT2D eigenvalue weighted by Crippen LogP contribution is 2.14. The number of nitrogen functional groups attached to an aromatic ring is 1. The van der Waals surface area contributed by atoms with Crippen LogP contribution in [0.15, 0.2) is 36.5 Å². The number of pyridine rings is 1. The van der Waals surface area contributed by atoms with Crippen molar-refractivity contribution in [2.45, 2.75) is 0 Å². The van der Waals surface area contributed by atoms with Gasteiger partial charge in [0, 0.05) is 5.69 Å². The number of carbonyl (C=O) groups excluding carboxylic acids is 1. The van der Waals surface area contributed by atoms with Crippen LogP contribution in [0.3, 0.4) is 0 Å². The van der Waals surface area contributed by atoms with E-state index in [-0.39, 0.29) is 11.4 Å². The van der Waals surface area contributed by atoms with E-state index in [1.54, 1.807) is 0 Å². The number of nitrogens with two attached hydrogens (primary N) is 1. The summed E-state index contributed by atoms with van der Waals surface area (Å²) in [6.07, 6.45) is 0.921. The van der Waals surface area contributed by atoms with Crippen LogP contribution in [0.4, 0.5) is 20.3 Å². The summed E-state index contributed by atoms with van der Waals surface area (Å²) >= 11 is 0. The third-order valence-electron chi connectivity index (χ3n) is 2.23. The van der Waals surface area contributed by atoms with E-state index < -0.39 is 17.5 Å². The van der Waals surface area contributed by atoms with Crippen LogP contribution in [0, 0.1) is 11.6 Å². The number of nitrogens with zero attached hydrogens (tertiary/aromatic N) is 1. The quantitative estimate of drug-likeness (QED) is 0.857. The first-order valence-corrected chi connectivity index (χ1v) is 5.04. The van der Waals surface area contributed by atoms with Crippen LogP contribution >= 0.6 is 0 Å². The molecule has 0 radical (unpaired) electrons. The molecule has 0 fully saturated rings. The van der Waals surface area contributed by atoms with Gasteiger partial charge in [0.05, 0.1) is 11.8 Å². The van der Waals surface area contributed by atoms with E-state index in [4.69, 9.17) is 5.73 Å². The van der Waals surface area contributed by atoms with E-state index in [0.717, 1.165) is 12.3 Å². The number of carbonyl (C=O) groups is 1. The van der Waals surface area contributed by atoms with Crippen molar-refractivity contribution in [3.63, 3.8) is 0 Å². The molecule has 92 valence electrons. The third-order valence-corrected chi connectivity index (χ3v) is 2.23. The van der Waals surface area contributed by atoms with Crippen molar-refractivity contribution in [2.24, 2.45) is 0 Å². The molecule has 2 rings (SSSR count). The molecule has 0 unspecified atom stereocenters. The van der Waals surface area contributed by atoms with E-state index >= 15 is 0 Å². The maximum Gasteiger partial charge on any atom is 0.259 e. The van der Waals surface area contributed by atoms with Crippen LogP contribution in [0.1, 0.15) is 10.4 Å². The Bertz CT molecular complexity index is 584. The summed E-state index contributed by atoms with van der Waals surface area (Å²) in [5.41, 5.74) is 5.78. The van der Waals surface area contributed by atoms with Crippen LogP contribution in [-0.4, -0.2) is 10.9 Å². The minimum atomic E-state index is -0.659. The van der Waals surface area contributed by atoms with Crippen LogP contribution in [0.25, 0.3) is 0 Å². The summed E-state index contributed by atoms with van der Waals surface area (Å²) in [4.78, 5) is 15.3. The number of halogens is 2. The molecule has 1 aromatic heterocycles. The lowest BCUT2D eigenvalue weighted by Crippen LogP contribution is -2.15. The number of aromatic nitrogens is 1. The highest BCUT2D eigenvalue weighted by Gasteiger charge is 2.12. The fourth-order valence-corrected chi connectivity index (χ4v) is 1.36. The third kappa shape index (κ3) is 2.60. The maximum absolute atomic E-state index is 13.0. The van der Waals surface area contributed by atoms with Gasteiger partial charge in [-0.2, -0.15) is 0 Å². The summed E-state index contributed by atoms with van der Waals surface area (Å²) in [6, 6.07) is 6.15. The average molecular weight is 249 g/mol. The highest BCUT2D eigenvalue weighted by molar-refractivity contribution is 6.07. The van der Waals surface area contributed by atoms with Gasteiger partial charge in [0.2, 0.25) is 0 Å². The van der Waals surface area contributed by atoms with Crippen LogP contribution in [-0.2, 0) is 0 Å². The lowest BCUT2D eigenvalue weighted by atomic mass is 10.2. The molecule has 3 N–H and O–H groups in total. The number of hydrogen-bond donors (Lipinski definition) is 2. The van der Waals surface area contributed by atoms with Gasteiger partial charge in [-0.25, -0.2) is 13.8 Å². The summed E-state index contributed by atoms with van der Waals surface area (Å²) in [5.74, 6) is -1.75. The van der Waals surface area contributed by atoms with E-state index in [0.29, 0.717) is 5.69 Å². The summed E-state index contributed by atoms with van der Waals surface area (Å²) in [7, 11) is 0. The zero-order chi connectivity index (χ0) is 13.1. The monoisotopic (exact) mass is 249 g/mol. The van der Waals surface area contributed by atoms with Crippen molar-refractivity contribution in [3.8, 4) is 0 Å². The first kappa shape index (κ1) is 12.0. The van der Waals surface area contributed by atoms with Crippen molar-refractivity contribution in [2.75, 3.05) is 11.1 Å². The molecule has 1 amide bonds. The Balaban J connectivity index is 2.21. The van der Waals surface area contributed by atoms with Gasteiger partial charge < -0.3 is 11.1 Å².